The van der Waals surface area contributed by atoms with Crippen molar-refractivity contribution in [1.29, 1.82) is 0 Å². The maximum absolute atomic E-state index is 12.4. The lowest BCUT2D eigenvalue weighted by Crippen LogP contribution is -2.45. The molecule has 3 N–H and O–H groups in total. The zero-order valence-electron chi connectivity index (χ0n) is 37.5. The molecule has 4 nitrogen and oxygen atoms in total. The van der Waals surface area contributed by atoms with Crippen LogP contribution in [0.5, 0.6) is 0 Å². The number of aliphatic hydroxyl groups is 2. The van der Waals surface area contributed by atoms with Crippen LogP contribution < -0.4 is 5.32 Å². The van der Waals surface area contributed by atoms with E-state index >= 15 is 0 Å². The second-order valence-electron chi connectivity index (χ2n) is 17.2. The minimum absolute atomic E-state index is 0.0711. The van der Waals surface area contributed by atoms with Crippen molar-refractivity contribution in [3.05, 3.63) is 24.3 Å². The van der Waals surface area contributed by atoms with Gasteiger partial charge in [0.05, 0.1) is 18.8 Å². The third-order valence-electron chi connectivity index (χ3n) is 11.7. The first-order chi connectivity index (χ1) is 27.2. The van der Waals surface area contributed by atoms with Crippen LogP contribution in [0.3, 0.4) is 0 Å². The van der Waals surface area contributed by atoms with Crippen molar-refractivity contribution in [2.75, 3.05) is 6.61 Å². The van der Waals surface area contributed by atoms with Gasteiger partial charge in [-0.05, 0) is 32.1 Å². The third kappa shape index (κ3) is 43.8. The molecule has 0 saturated heterocycles. The van der Waals surface area contributed by atoms with E-state index in [9.17, 15) is 15.0 Å². The maximum atomic E-state index is 12.4. The van der Waals surface area contributed by atoms with Crippen molar-refractivity contribution < 1.29 is 15.0 Å². The Kier molecular flexibility index (Phi) is 46.3. The molecule has 0 aliphatic carbocycles. The summed E-state index contributed by atoms with van der Waals surface area (Å²) in [6.45, 7) is 4.28. The summed E-state index contributed by atoms with van der Waals surface area (Å²) >= 11 is 0. The summed E-state index contributed by atoms with van der Waals surface area (Å²) in [4.78, 5) is 12.4. The predicted molar refractivity (Wildman–Crippen MR) is 244 cm³/mol. The van der Waals surface area contributed by atoms with Crippen LogP contribution in [0.25, 0.3) is 0 Å². The van der Waals surface area contributed by atoms with E-state index in [0.29, 0.717) is 6.42 Å². The number of nitrogens with one attached hydrogen (secondary N) is 1. The smallest absolute Gasteiger partial charge is 0.220 e. The lowest BCUT2D eigenvalue weighted by molar-refractivity contribution is -0.123. The Bertz CT molecular complexity index is 795. The molecule has 0 bridgehead atoms. The van der Waals surface area contributed by atoms with E-state index in [1.807, 2.05) is 6.08 Å². The largest absolute Gasteiger partial charge is 0.394 e. The van der Waals surface area contributed by atoms with Gasteiger partial charge in [-0.15, -0.1) is 0 Å². The SMILES string of the molecule is CCCCCC/C=C/CC/C=C/C(O)C(CO)NC(=O)CCCCCCCCCCCCCCCCCCCCCCCCCCCCCCCCCCC. The Morgan fingerprint density at radius 2 is 0.709 bits per heavy atom. The van der Waals surface area contributed by atoms with E-state index < -0.39 is 12.1 Å². The molecule has 0 saturated carbocycles. The zero-order valence-corrected chi connectivity index (χ0v) is 37.5. The van der Waals surface area contributed by atoms with Crippen LogP contribution in [0.15, 0.2) is 24.3 Å². The summed E-state index contributed by atoms with van der Waals surface area (Å²) in [6.07, 6.45) is 62.0. The molecule has 0 heterocycles. The number of rotatable bonds is 46. The number of aliphatic hydroxyl groups excluding tert-OH is 2. The van der Waals surface area contributed by atoms with Gasteiger partial charge in [0.15, 0.2) is 0 Å². The summed E-state index contributed by atoms with van der Waals surface area (Å²) < 4.78 is 0. The van der Waals surface area contributed by atoms with Crippen molar-refractivity contribution in [3.8, 4) is 0 Å². The van der Waals surface area contributed by atoms with Gasteiger partial charge < -0.3 is 15.5 Å². The maximum Gasteiger partial charge on any atom is 0.220 e. The third-order valence-corrected chi connectivity index (χ3v) is 11.7. The molecule has 1 amide bonds. The van der Waals surface area contributed by atoms with Crippen LogP contribution >= 0.6 is 0 Å². The number of allylic oxidation sites excluding steroid dienone is 3. The van der Waals surface area contributed by atoms with Crippen LogP contribution in [0.2, 0.25) is 0 Å². The highest BCUT2D eigenvalue weighted by molar-refractivity contribution is 5.76. The van der Waals surface area contributed by atoms with Crippen LogP contribution in [0.1, 0.15) is 277 Å². The molecule has 0 radical (unpaired) electrons. The number of amides is 1. The van der Waals surface area contributed by atoms with Crippen molar-refractivity contribution in [2.45, 2.75) is 289 Å². The Balaban J connectivity index is 3.37. The van der Waals surface area contributed by atoms with Gasteiger partial charge in [-0.1, -0.05) is 263 Å². The molecule has 0 aromatic rings. The molecule has 2 atom stereocenters. The second-order valence-corrected chi connectivity index (χ2v) is 17.2. The molecule has 2 unspecified atom stereocenters. The van der Waals surface area contributed by atoms with E-state index in [0.717, 1.165) is 32.1 Å². The molecule has 0 aliphatic heterocycles. The van der Waals surface area contributed by atoms with E-state index in [1.165, 1.54) is 225 Å². The summed E-state index contributed by atoms with van der Waals surface area (Å²) in [5.74, 6) is -0.0711. The Morgan fingerprint density at radius 1 is 0.418 bits per heavy atom. The van der Waals surface area contributed by atoms with Crippen LogP contribution in [0, 0.1) is 0 Å². The second kappa shape index (κ2) is 47.2. The highest BCUT2D eigenvalue weighted by Gasteiger charge is 2.17. The Morgan fingerprint density at radius 3 is 1.05 bits per heavy atom. The van der Waals surface area contributed by atoms with Crippen molar-refractivity contribution in [2.24, 2.45) is 0 Å². The van der Waals surface area contributed by atoms with Gasteiger partial charge in [-0.25, -0.2) is 0 Å². The standard InChI is InChI=1S/C51H99NO3/c1-3-5-7-9-11-13-15-16-17-18-19-20-21-22-23-24-25-26-27-28-29-30-31-32-33-34-35-36-37-39-41-43-45-47-51(55)52-49(48-53)50(54)46-44-42-40-38-14-12-10-8-6-4-2/h14,38,44,46,49-50,53-54H,3-13,15-37,39-43,45,47-48H2,1-2H3,(H,52,55)/b38-14+,46-44+. The quantitative estimate of drug-likeness (QED) is 0.0426. The molecule has 55 heavy (non-hydrogen) atoms. The molecule has 0 aliphatic rings. The molecule has 0 aromatic heterocycles. The Labute approximate surface area is 345 Å². The average Bonchev–Trinajstić information content (AvgIpc) is 3.19. The van der Waals surface area contributed by atoms with E-state index in [1.54, 1.807) is 6.08 Å². The van der Waals surface area contributed by atoms with Gasteiger partial charge in [0.25, 0.3) is 0 Å². The van der Waals surface area contributed by atoms with Crippen molar-refractivity contribution in [3.63, 3.8) is 0 Å². The average molecular weight is 774 g/mol. The number of unbranched alkanes of at least 4 members (excludes halogenated alkanes) is 37. The van der Waals surface area contributed by atoms with Crippen molar-refractivity contribution >= 4 is 5.91 Å². The predicted octanol–water partition coefficient (Wildman–Crippen LogP) is 16.0. The lowest BCUT2D eigenvalue weighted by atomic mass is 10.0. The number of hydrogen-bond acceptors (Lipinski definition) is 3. The summed E-state index contributed by atoms with van der Waals surface area (Å²) in [5, 5.41) is 22.9. The normalized spacial score (nSPS) is 13.0. The molecule has 0 spiro atoms. The van der Waals surface area contributed by atoms with Gasteiger partial charge in [0.1, 0.15) is 0 Å². The number of carbonyl (C=O) groups is 1. The van der Waals surface area contributed by atoms with Gasteiger partial charge in [0, 0.05) is 6.42 Å². The number of hydrogen-bond donors (Lipinski definition) is 3. The highest BCUT2D eigenvalue weighted by Crippen LogP contribution is 2.17. The fourth-order valence-corrected chi connectivity index (χ4v) is 7.84. The van der Waals surface area contributed by atoms with Crippen LogP contribution in [-0.2, 0) is 4.79 Å². The molecular weight excluding hydrogens is 675 g/mol. The van der Waals surface area contributed by atoms with Crippen molar-refractivity contribution in [1.82, 2.24) is 5.32 Å². The zero-order chi connectivity index (χ0) is 40.0. The molecule has 4 heteroatoms. The number of carbonyl (C=O) groups excluding carboxylic acids is 1. The minimum atomic E-state index is -0.856. The fourth-order valence-electron chi connectivity index (χ4n) is 7.84. The van der Waals surface area contributed by atoms with Gasteiger partial charge in [0.2, 0.25) is 5.91 Å². The highest BCUT2D eigenvalue weighted by atomic mass is 16.3. The lowest BCUT2D eigenvalue weighted by Gasteiger charge is -2.19. The monoisotopic (exact) mass is 774 g/mol. The van der Waals surface area contributed by atoms with Gasteiger partial charge in [-0.3, -0.25) is 4.79 Å². The molecule has 326 valence electrons. The first-order valence-corrected chi connectivity index (χ1v) is 25.1. The molecule has 0 fully saturated rings. The van der Waals surface area contributed by atoms with E-state index in [4.69, 9.17) is 0 Å². The minimum Gasteiger partial charge on any atom is -0.394 e. The summed E-state index contributed by atoms with van der Waals surface area (Å²) in [6, 6.07) is -0.633. The van der Waals surface area contributed by atoms with E-state index in [2.05, 4.69) is 31.3 Å². The summed E-state index contributed by atoms with van der Waals surface area (Å²) in [5.41, 5.74) is 0. The van der Waals surface area contributed by atoms with Gasteiger partial charge in [-0.2, -0.15) is 0 Å². The molecule has 0 rings (SSSR count). The Hall–Kier alpha value is -1.13. The van der Waals surface area contributed by atoms with Crippen LogP contribution in [-0.4, -0.2) is 34.9 Å². The molecular formula is C51H99NO3. The topological polar surface area (TPSA) is 69.6 Å². The van der Waals surface area contributed by atoms with Crippen LogP contribution in [0.4, 0.5) is 0 Å². The van der Waals surface area contributed by atoms with E-state index in [-0.39, 0.29) is 12.5 Å². The first-order valence-electron chi connectivity index (χ1n) is 25.1. The first kappa shape index (κ1) is 53.9. The molecule has 0 aromatic carbocycles. The summed E-state index contributed by atoms with van der Waals surface area (Å²) in [7, 11) is 0. The van der Waals surface area contributed by atoms with Gasteiger partial charge >= 0.3 is 0 Å². The fraction of sp³-hybridized carbons (Fsp3) is 0.902.